The van der Waals surface area contributed by atoms with Crippen LogP contribution in [0.15, 0.2) is 24.3 Å². The van der Waals surface area contributed by atoms with Gasteiger partial charge >= 0.3 is 0 Å². The lowest BCUT2D eigenvalue weighted by molar-refractivity contribution is -0.120. The zero-order valence-electron chi connectivity index (χ0n) is 14.9. The van der Waals surface area contributed by atoms with E-state index in [1.54, 1.807) is 4.90 Å². The average Bonchev–Trinajstić information content (AvgIpc) is 2.60. The maximum Gasteiger partial charge on any atom is 0.241 e. The number of fused-ring (bicyclic) bond motifs is 1. The summed E-state index contributed by atoms with van der Waals surface area (Å²) in [4.78, 5) is 28.5. The summed E-state index contributed by atoms with van der Waals surface area (Å²) in [7, 11) is 1.90. The summed E-state index contributed by atoms with van der Waals surface area (Å²) in [5.74, 6) is -0.0811. The van der Waals surface area contributed by atoms with Gasteiger partial charge in [-0.05, 0) is 40.0 Å². The standard InChI is InChI=1S/C18H27N3O3/c1-13(2)24-10-9-20(4)12-18(23)21-14(3)11-17(22)19-15-7-5-6-8-16(15)21/h5-8,13-14H,9-12H2,1-4H3,(H,19,22). The molecular weight excluding hydrogens is 306 g/mol. The lowest BCUT2D eigenvalue weighted by Crippen LogP contribution is -2.44. The number of anilines is 2. The number of carbonyl (C=O) groups is 2. The van der Waals surface area contributed by atoms with Crippen LogP contribution in [-0.2, 0) is 14.3 Å². The second kappa shape index (κ2) is 8.26. The number of nitrogens with zero attached hydrogens (tertiary/aromatic N) is 2. The Morgan fingerprint density at radius 2 is 2.12 bits per heavy atom. The molecule has 1 atom stereocenters. The van der Waals surface area contributed by atoms with Gasteiger partial charge in [0.15, 0.2) is 0 Å². The summed E-state index contributed by atoms with van der Waals surface area (Å²) < 4.78 is 5.53. The van der Waals surface area contributed by atoms with Gasteiger partial charge in [-0.3, -0.25) is 14.5 Å². The van der Waals surface area contributed by atoms with Crippen molar-refractivity contribution in [2.24, 2.45) is 0 Å². The van der Waals surface area contributed by atoms with Gasteiger partial charge in [0.1, 0.15) is 0 Å². The molecule has 0 spiro atoms. The summed E-state index contributed by atoms with van der Waals surface area (Å²) in [6.45, 7) is 7.45. The summed E-state index contributed by atoms with van der Waals surface area (Å²) >= 11 is 0. The minimum atomic E-state index is -0.179. The Bertz CT molecular complexity index is 589. The van der Waals surface area contributed by atoms with Gasteiger partial charge < -0.3 is 15.0 Å². The van der Waals surface area contributed by atoms with Gasteiger partial charge in [0.2, 0.25) is 11.8 Å². The fraction of sp³-hybridized carbons (Fsp3) is 0.556. The van der Waals surface area contributed by atoms with Crippen molar-refractivity contribution < 1.29 is 14.3 Å². The quantitative estimate of drug-likeness (QED) is 0.866. The molecule has 1 N–H and O–H groups in total. The van der Waals surface area contributed by atoms with Gasteiger partial charge in [-0.1, -0.05) is 12.1 Å². The third kappa shape index (κ3) is 4.79. The third-order valence-electron chi connectivity index (χ3n) is 3.96. The second-order valence-electron chi connectivity index (χ2n) is 6.54. The zero-order chi connectivity index (χ0) is 17.7. The number of hydrogen-bond donors (Lipinski definition) is 1. The van der Waals surface area contributed by atoms with E-state index in [0.29, 0.717) is 25.3 Å². The first-order chi connectivity index (χ1) is 11.4. The van der Waals surface area contributed by atoms with Crippen molar-refractivity contribution >= 4 is 23.2 Å². The molecule has 132 valence electrons. The van der Waals surface area contributed by atoms with E-state index in [0.717, 1.165) is 5.69 Å². The molecule has 1 aromatic rings. The average molecular weight is 333 g/mol. The predicted molar refractivity (Wildman–Crippen MR) is 95.2 cm³/mol. The molecule has 1 heterocycles. The number of ether oxygens (including phenoxy) is 1. The van der Waals surface area contributed by atoms with E-state index in [4.69, 9.17) is 4.74 Å². The molecule has 0 aromatic heterocycles. The number of nitrogens with one attached hydrogen (secondary N) is 1. The van der Waals surface area contributed by atoms with E-state index >= 15 is 0 Å². The topological polar surface area (TPSA) is 61.9 Å². The number of amides is 2. The van der Waals surface area contributed by atoms with Crippen molar-refractivity contribution in [3.8, 4) is 0 Å². The van der Waals surface area contributed by atoms with Crippen molar-refractivity contribution in [2.75, 3.05) is 37.0 Å². The van der Waals surface area contributed by atoms with Crippen LogP contribution in [0.1, 0.15) is 27.2 Å². The molecule has 0 fully saturated rings. The van der Waals surface area contributed by atoms with Crippen molar-refractivity contribution in [3.05, 3.63) is 24.3 Å². The summed E-state index contributed by atoms with van der Waals surface area (Å²) in [6, 6.07) is 7.25. The van der Waals surface area contributed by atoms with Crippen molar-refractivity contribution in [2.45, 2.75) is 39.3 Å². The normalized spacial score (nSPS) is 17.7. The van der Waals surface area contributed by atoms with E-state index in [-0.39, 0.29) is 30.5 Å². The Morgan fingerprint density at radius 1 is 1.42 bits per heavy atom. The van der Waals surface area contributed by atoms with Gasteiger partial charge in [-0.15, -0.1) is 0 Å². The van der Waals surface area contributed by atoms with Crippen molar-refractivity contribution in [1.29, 1.82) is 0 Å². The summed E-state index contributed by atoms with van der Waals surface area (Å²) in [5, 5.41) is 2.87. The van der Waals surface area contributed by atoms with Gasteiger partial charge in [0.05, 0.1) is 30.6 Å². The molecule has 24 heavy (non-hydrogen) atoms. The van der Waals surface area contributed by atoms with Crippen LogP contribution >= 0.6 is 0 Å². The Labute approximate surface area is 143 Å². The molecule has 1 aromatic carbocycles. The molecule has 1 aliphatic rings. The molecule has 2 rings (SSSR count). The molecule has 0 bridgehead atoms. The molecule has 0 saturated carbocycles. The fourth-order valence-electron chi connectivity index (χ4n) is 2.80. The van der Waals surface area contributed by atoms with Crippen LogP contribution in [0.5, 0.6) is 0 Å². The van der Waals surface area contributed by atoms with E-state index in [1.807, 2.05) is 57.0 Å². The van der Waals surface area contributed by atoms with E-state index in [1.165, 1.54) is 0 Å². The van der Waals surface area contributed by atoms with Gasteiger partial charge in [-0.2, -0.15) is 0 Å². The van der Waals surface area contributed by atoms with E-state index < -0.39 is 0 Å². The first kappa shape index (κ1) is 18.4. The van der Waals surface area contributed by atoms with Crippen molar-refractivity contribution in [1.82, 2.24) is 4.90 Å². The Balaban J connectivity index is 2.08. The smallest absolute Gasteiger partial charge is 0.241 e. The highest BCUT2D eigenvalue weighted by Crippen LogP contribution is 2.31. The minimum absolute atomic E-state index is 0.0153. The number of likely N-dealkylation sites (N-methyl/N-ethyl adjacent to an activating group) is 1. The highest BCUT2D eigenvalue weighted by molar-refractivity contribution is 6.04. The molecule has 0 saturated heterocycles. The van der Waals surface area contributed by atoms with Crippen LogP contribution in [0.2, 0.25) is 0 Å². The maximum absolute atomic E-state index is 12.8. The van der Waals surface area contributed by atoms with Gasteiger partial charge in [-0.25, -0.2) is 0 Å². The number of para-hydroxylation sites is 2. The first-order valence-corrected chi connectivity index (χ1v) is 8.39. The monoisotopic (exact) mass is 333 g/mol. The second-order valence-corrected chi connectivity index (χ2v) is 6.54. The lowest BCUT2D eigenvalue weighted by Gasteiger charge is -2.29. The Hall–Kier alpha value is -1.92. The zero-order valence-corrected chi connectivity index (χ0v) is 14.9. The molecule has 6 nitrogen and oxygen atoms in total. The van der Waals surface area contributed by atoms with Gasteiger partial charge in [0, 0.05) is 19.0 Å². The summed E-state index contributed by atoms with van der Waals surface area (Å²) in [5.41, 5.74) is 1.44. The lowest BCUT2D eigenvalue weighted by atomic mass is 10.1. The molecule has 1 aliphatic heterocycles. The first-order valence-electron chi connectivity index (χ1n) is 8.39. The van der Waals surface area contributed by atoms with Crippen LogP contribution in [0.3, 0.4) is 0 Å². The fourth-order valence-corrected chi connectivity index (χ4v) is 2.80. The van der Waals surface area contributed by atoms with Crippen LogP contribution in [0, 0.1) is 0 Å². The van der Waals surface area contributed by atoms with Crippen LogP contribution in [0.25, 0.3) is 0 Å². The van der Waals surface area contributed by atoms with E-state index in [9.17, 15) is 9.59 Å². The molecule has 0 aliphatic carbocycles. The molecule has 2 amide bonds. The Morgan fingerprint density at radius 3 is 2.83 bits per heavy atom. The summed E-state index contributed by atoms with van der Waals surface area (Å²) in [6.07, 6.45) is 0.476. The number of benzene rings is 1. The number of hydrogen-bond acceptors (Lipinski definition) is 4. The highest BCUT2D eigenvalue weighted by atomic mass is 16.5. The molecule has 1 unspecified atom stereocenters. The SMILES string of the molecule is CC(C)OCCN(C)CC(=O)N1c2ccccc2NC(=O)CC1C. The largest absolute Gasteiger partial charge is 0.377 e. The number of carbonyl (C=O) groups excluding carboxylic acids is 2. The number of rotatable bonds is 6. The van der Waals surface area contributed by atoms with Crippen molar-refractivity contribution in [3.63, 3.8) is 0 Å². The molecule has 6 heteroatoms. The third-order valence-corrected chi connectivity index (χ3v) is 3.96. The van der Waals surface area contributed by atoms with Crippen LogP contribution in [-0.4, -0.2) is 55.6 Å². The highest BCUT2D eigenvalue weighted by Gasteiger charge is 2.29. The molecule has 0 radical (unpaired) electrons. The molecular formula is C18H27N3O3. The predicted octanol–water partition coefficient (Wildman–Crippen LogP) is 2.11. The van der Waals surface area contributed by atoms with Gasteiger partial charge in [0.25, 0.3) is 0 Å². The maximum atomic E-state index is 12.8. The van der Waals surface area contributed by atoms with Crippen LogP contribution < -0.4 is 10.2 Å². The van der Waals surface area contributed by atoms with E-state index in [2.05, 4.69) is 5.32 Å². The van der Waals surface area contributed by atoms with Crippen LogP contribution in [0.4, 0.5) is 11.4 Å². The Kier molecular flexibility index (Phi) is 6.34. The minimum Gasteiger partial charge on any atom is -0.377 e.